The Morgan fingerprint density at radius 2 is 1.76 bits per heavy atom. The Kier molecular flexibility index (Phi) is 5.51. The Morgan fingerprint density at radius 3 is 2.32 bits per heavy atom. The number of anilines is 1. The molecule has 2 aromatic rings. The second-order valence-electron chi connectivity index (χ2n) is 5.72. The second-order valence-corrected chi connectivity index (χ2v) is 5.72. The first kappa shape index (κ1) is 18.6. The van der Waals surface area contributed by atoms with Crippen LogP contribution >= 0.6 is 0 Å². The summed E-state index contributed by atoms with van der Waals surface area (Å²) < 4.78 is 38.8. The van der Waals surface area contributed by atoms with Gasteiger partial charge >= 0.3 is 6.18 Å². The van der Waals surface area contributed by atoms with Crippen molar-refractivity contribution in [2.24, 2.45) is 0 Å². The topological polar surface area (TPSA) is 54.3 Å². The number of nitrogens with zero attached hydrogens (tertiary/aromatic N) is 2. The van der Waals surface area contributed by atoms with Gasteiger partial charge in [-0.25, -0.2) is 0 Å². The SMILES string of the molecule is CN(C)c1ccc(CNC(=O)Cn2cc(C(F)(F)F)ccc2=O)cc1. The number of pyridine rings is 1. The minimum Gasteiger partial charge on any atom is -0.378 e. The maximum Gasteiger partial charge on any atom is 0.417 e. The van der Waals surface area contributed by atoms with Crippen LogP contribution in [0.25, 0.3) is 0 Å². The number of alkyl halides is 3. The first-order valence-corrected chi connectivity index (χ1v) is 7.47. The molecule has 25 heavy (non-hydrogen) atoms. The fourth-order valence-electron chi connectivity index (χ4n) is 2.15. The van der Waals surface area contributed by atoms with Gasteiger partial charge in [0.25, 0.3) is 5.56 Å². The van der Waals surface area contributed by atoms with Gasteiger partial charge < -0.3 is 14.8 Å². The third-order valence-electron chi connectivity index (χ3n) is 3.57. The van der Waals surface area contributed by atoms with Crippen LogP contribution in [0.1, 0.15) is 11.1 Å². The van der Waals surface area contributed by atoms with E-state index < -0.39 is 29.8 Å². The lowest BCUT2D eigenvalue weighted by Gasteiger charge is -2.13. The standard InChI is InChI=1S/C17H18F3N3O2/c1-22(2)14-6-3-12(4-7-14)9-21-15(24)11-23-10-13(17(18,19)20)5-8-16(23)25/h3-8,10H,9,11H2,1-2H3,(H,21,24). The van der Waals surface area contributed by atoms with Gasteiger partial charge in [-0.05, 0) is 23.8 Å². The molecular weight excluding hydrogens is 335 g/mol. The van der Waals surface area contributed by atoms with E-state index >= 15 is 0 Å². The molecule has 0 aliphatic carbocycles. The van der Waals surface area contributed by atoms with Crippen molar-refractivity contribution in [3.05, 3.63) is 64.1 Å². The van der Waals surface area contributed by atoms with E-state index in [1.807, 2.05) is 43.3 Å². The van der Waals surface area contributed by atoms with Crippen LogP contribution in [0.15, 0.2) is 47.4 Å². The molecule has 0 atom stereocenters. The molecule has 8 heteroatoms. The summed E-state index contributed by atoms with van der Waals surface area (Å²) in [5.41, 5.74) is 0.207. The van der Waals surface area contributed by atoms with E-state index in [1.165, 1.54) is 0 Å². The molecule has 2 rings (SSSR count). The van der Waals surface area contributed by atoms with Gasteiger partial charge in [-0.3, -0.25) is 9.59 Å². The Hall–Kier alpha value is -2.77. The molecule has 134 valence electrons. The molecule has 5 nitrogen and oxygen atoms in total. The molecule has 0 radical (unpaired) electrons. The maximum absolute atomic E-state index is 12.7. The van der Waals surface area contributed by atoms with E-state index in [4.69, 9.17) is 0 Å². The van der Waals surface area contributed by atoms with Gasteiger partial charge in [-0.15, -0.1) is 0 Å². The monoisotopic (exact) mass is 353 g/mol. The van der Waals surface area contributed by atoms with E-state index in [-0.39, 0.29) is 6.54 Å². The molecule has 0 aliphatic rings. The number of carbonyl (C=O) groups is 1. The van der Waals surface area contributed by atoms with Crippen molar-refractivity contribution in [2.45, 2.75) is 19.3 Å². The third kappa shape index (κ3) is 5.10. The average Bonchev–Trinajstić information content (AvgIpc) is 2.54. The predicted octanol–water partition coefficient (Wildman–Crippen LogP) is 2.25. The molecule has 1 aromatic carbocycles. The van der Waals surface area contributed by atoms with Gasteiger partial charge in [0.2, 0.25) is 5.91 Å². The zero-order valence-electron chi connectivity index (χ0n) is 13.8. The Labute approximate surface area is 142 Å². The molecular formula is C17H18F3N3O2. The summed E-state index contributed by atoms with van der Waals surface area (Å²) in [6.07, 6.45) is -3.92. The summed E-state index contributed by atoms with van der Waals surface area (Å²) >= 11 is 0. The molecule has 0 saturated carbocycles. The number of carbonyl (C=O) groups excluding carboxylic acids is 1. The summed E-state index contributed by atoms with van der Waals surface area (Å²) in [5.74, 6) is -0.543. The summed E-state index contributed by atoms with van der Waals surface area (Å²) in [6, 6.07) is 8.95. The summed E-state index contributed by atoms with van der Waals surface area (Å²) in [6.45, 7) is -0.251. The molecule has 0 saturated heterocycles. The van der Waals surface area contributed by atoms with Crippen molar-refractivity contribution in [2.75, 3.05) is 19.0 Å². The molecule has 1 N–H and O–H groups in total. The van der Waals surface area contributed by atoms with Crippen LogP contribution < -0.4 is 15.8 Å². The van der Waals surface area contributed by atoms with E-state index in [1.54, 1.807) is 0 Å². The van der Waals surface area contributed by atoms with E-state index in [0.29, 0.717) is 12.3 Å². The van der Waals surface area contributed by atoms with Crippen molar-refractivity contribution in [3.63, 3.8) is 0 Å². The van der Waals surface area contributed by atoms with Crippen molar-refractivity contribution in [1.82, 2.24) is 9.88 Å². The maximum atomic E-state index is 12.7. The summed E-state index contributed by atoms with van der Waals surface area (Å²) in [4.78, 5) is 25.5. The van der Waals surface area contributed by atoms with Crippen LogP contribution in [0.4, 0.5) is 18.9 Å². The number of nitrogens with one attached hydrogen (secondary N) is 1. The van der Waals surface area contributed by atoms with Gasteiger partial charge in [0.05, 0.1) is 5.56 Å². The molecule has 0 aliphatic heterocycles. The van der Waals surface area contributed by atoms with Gasteiger partial charge in [0.1, 0.15) is 6.54 Å². The van der Waals surface area contributed by atoms with Crippen LogP contribution in [0, 0.1) is 0 Å². The van der Waals surface area contributed by atoms with Crippen LogP contribution in [-0.4, -0.2) is 24.6 Å². The lowest BCUT2D eigenvalue weighted by molar-refractivity contribution is -0.138. The van der Waals surface area contributed by atoms with Gasteiger partial charge in [-0.2, -0.15) is 13.2 Å². The molecule has 0 unspecified atom stereocenters. The fourth-order valence-corrected chi connectivity index (χ4v) is 2.15. The first-order chi connectivity index (χ1) is 11.7. The largest absolute Gasteiger partial charge is 0.417 e. The number of hydrogen-bond donors (Lipinski definition) is 1. The predicted molar refractivity (Wildman–Crippen MR) is 88.3 cm³/mol. The minimum atomic E-state index is -4.57. The zero-order chi connectivity index (χ0) is 18.6. The fraction of sp³-hybridized carbons (Fsp3) is 0.294. The lowest BCUT2D eigenvalue weighted by atomic mass is 10.2. The smallest absolute Gasteiger partial charge is 0.378 e. The molecule has 0 bridgehead atoms. The molecule has 1 heterocycles. The summed E-state index contributed by atoms with van der Waals surface area (Å²) in [7, 11) is 3.81. The van der Waals surface area contributed by atoms with Crippen LogP contribution in [0.3, 0.4) is 0 Å². The van der Waals surface area contributed by atoms with Crippen LogP contribution in [-0.2, 0) is 24.1 Å². The molecule has 1 aromatic heterocycles. The third-order valence-corrected chi connectivity index (χ3v) is 3.57. The Morgan fingerprint density at radius 1 is 1.12 bits per heavy atom. The van der Waals surface area contributed by atoms with E-state index in [2.05, 4.69) is 5.32 Å². The van der Waals surface area contributed by atoms with Gasteiger partial charge in [0.15, 0.2) is 0 Å². The van der Waals surface area contributed by atoms with Crippen LogP contribution in [0.5, 0.6) is 0 Å². The number of aromatic nitrogens is 1. The highest BCUT2D eigenvalue weighted by Crippen LogP contribution is 2.27. The second kappa shape index (κ2) is 7.42. The highest BCUT2D eigenvalue weighted by atomic mass is 19.4. The van der Waals surface area contributed by atoms with Gasteiger partial charge in [0, 0.05) is 38.6 Å². The number of hydrogen-bond acceptors (Lipinski definition) is 3. The van der Waals surface area contributed by atoms with Gasteiger partial charge in [-0.1, -0.05) is 12.1 Å². The normalized spacial score (nSPS) is 11.2. The number of rotatable bonds is 5. The molecule has 1 amide bonds. The zero-order valence-corrected chi connectivity index (χ0v) is 13.8. The van der Waals surface area contributed by atoms with Crippen molar-refractivity contribution >= 4 is 11.6 Å². The highest BCUT2D eigenvalue weighted by molar-refractivity contribution is 5.75. The van der Waals surface area contributed by atoms with Crippen molar-refractivity contribution < 1.29 is 18.0 Å². The van der Waals surface area contributed by atoms with Crippen molar-refractivity contribution in [3.8, 4) is 0 Å². The molecule has 0 fully saturated rings. The minimum absolute atomic E-state index is 0.222. The van der Waals surface area contributed by atoms with Crippen molar-refractivity contribution in [1.29, 1.82) is 0 Å². The number of halogens is 3. The molecule has 0 spiro atoms. The number of amides is 1. The number of benzene rings is 1. The Bertz CT molecular complexity index is 796. The van der Waals surface area contributed by atoms with Crippen LogP contribution in [0.2, 0.25) is 0 Å². The highest BCUT2D eigenvalue weighted by Gasteiger charge is 2.31. The van der Waals surface area contributed by atoms with E-state index in [9.17, 15) is 22.8 Å². The first-order valence-electron chi connectivity index (χ1n) is 7.47. The average molecular weight is 353 g/mol. The van der Waals surface area contributed by atoms with E-state index in [0.717, 1.165) is 21.9 Å². The Balaban J connectivity index is 1.99. The lowest BCUT2D eigenvalue weighted by Crippen LogP contribution is -2.32. The summed E-state index contributed by atoms with van der Waals surface area (Å²) in [5, 5.41) is 2.59. The quantitative estimate of drug-likeness (QED) is 0.897.